The van der Waals surface area contributed by atoms with Crippen LogP contribution in [0.1, 0.15) is 27.0 Å². The average molecular weight is 786 g/mol. The molecule has 11 nitrogen and oxygen atoms in total. The first kappa shape index (κ1) is 40.0. The lowest BCUT2D eigenvalue weighted by atomic mass is 10.0. The minimum Gasteiger partial charge on any atom is -0.439 e. The van der Waals surface area contributed by atoms with E-state index < -0.39 is 92.5 Å². The van der Waals surface area contributed by atoms with Gasteiger partial charge in [-0.3, -0.25) is 19.2 Å². The molecule has 21 heteroatoms. The van der Waals surface area contributed by atoms with Crippen LogP contribution >= 0.6 is 0 Å². The molecule has 0 radical (unpaired) electrons. The van der Waals surface area contributed by atoms with Gasteiger partial charge in [-0.25, -0.2) is 9.59 Å². The Morgan fingerprint density at radius 2 is 1.30 bits per heavy atom. The van der Waals surface area contributed by atoms with Crippen molar-refractivity contribution in [1.82, 2.24) is 14.6 Å². The fourth-order valence-corrected chi connectivity index (χ4v) is 11.1. The minimum atomic E-state index is -6.99. The highest BCUT2D eigenvalue weighted by Crippen LogP contribution is 2.55. The summed E-state index contributed by atoms with van der Waals surface area (Å²) in [6, 6.07) is 17.9. The molecular formula is C32H32F9N3O8Si. The van der Waals surface area contributed by atoms with Gasteiger partial charge in [-0.1, -0.05) is 81.4 Å². The normalized spacial score (nSPS) is 21.5. The molecule has 2 aromatic carbocycles. The number of amides is 1. The molecule has 1 aromatic heterocycles. The molecule has 2 aliphatic rings. The van der Waals surface area contributed by atoms with Crippen LogP contribution in [0.25, 0.3) is 0 Å². The monoisotopic (exact) mass is 785 g/mol. The van der Waals surface area contributed by atoms with Crippen LogP contribution in [0, 0.1) is 0 Å². The standard InChI is InChI=1S/C32H32F9N3O8Si/c1-28(2,3)53(19-10-6-4-7-11-19,20-12-8-5-9-13-20)50-18-21-24-23(25(51-21)43-15-14-22(45)42-26(43)46)44(27(47)52-24)49-17-16-48-29(30(33,34)35,31(36,37)38)32(39,40)41/h4-15,21,23-25H,16-18H2,1-3H3,(H,42,45,46)/t21-,23-,24-,25-/m1/s1. The van der Waals surface area contributed by atoms with Gasteiger partial charge in [0.15, 0.2) is 12.3 Å². The third-order valence-corrected chi connectivity index (χ3v) is 13.8. The number of benzene rings is 2. The number of fused-ring (bicyclic) bond motifs is 1. The number of carbonyl (C=O) groups is 1. The van der Waals surface area contributed by atoms with E-state index in [1.807, 2.05) is 86.4 Å². The number of ether oxygens (including phenoxy) is 3. The molecule has 0 spiro atoms. The Labute approximate surface area is 295 Å². The molecule has 0 saturated carbocycles. The van der Waals surface area contributed by atoms with Crippen molar-refractivity contribution in [2.24, 2.45) is 0 Å². The predicted molar refractivity (Wildman–Crippen MR) is 168 cm³/mol. The quantitative estimate of drug-likeness (QED) is 0.171. The SMILES string of the molecule is CC(C)(C)[Si](OC[C@H]1O[C@@H](n2ccc(=O)[nH]c2=O)[C@H]2[C@@H]1OC(=O)N2OCCOC(C(F)(F)F)(C(F)(F)F)C(F)(F)F)(c1ccccc1)c1ccccc1. The van der Waals surface area contributed by atoms with Crippen LogP contribution in [-0.2, 0) is 23.5 Å². The maximum absolute atomic E-state index is 13.4. The number of nitrogens with zero attached hydrogens (tertiary/aromatic N) is 2. The third kappa shape index (κ3) is 7.11. The number of alkyl halides is 9. The molecule has 2 aliphatic heterocycles. The summed E-state index contributed by atoms with van der Waals surface area (Å²) in [6.45, 7) is 2.18. The highest BCUT2D eigenvalue weighted by Gasteiger charge is 2.85. The second-order valence-electron chi connectivity index (χ2n) is 13.1. The summed E-state index contributed by atoms with van der Waals surface area (Å²) in [6.07, 6.45) is -25.5. The topological polar surface area (TPSA) is 121 Å². The van der Waals surface area contributed by atoms with Crippen LogP contribution in [0.4, 0.5) is 44.3 Å². The van der Waals surface area contributed by atoms with Gasteiger partial charge in [0, 0.05) is 12.3 Å². The zero-order valence-corrected chi connectivity index (χ0v) is 28.9. The molecule has 3 heterocycles. The number of aromatic amines is 1. The molecule has 290 valence electrons. The molecule has 4 atom stereocenters. The van der Waals surface area contributed by atoms with Gasteiger partial charge in [0.25, 0.3) is 13.9 Å². The number of nitrogens with one attached hydrogen (secondary N) is 1. The van der Waals surface area contributed by atoms with Crippen LogP contribution in [0.3, 0.4) is 0 Å². The molecular weight excluding hydrogens is 753 g/mol. The number of hydroxylamine groups is 2. The maximum atomic E-state index is 13.4. The lowest BCUT2D eigenvalue weighted by Gasteiger charge is -2.43. The van der Waals surface area contributed by atoms with E-state index in [9.17, 15) is 53.9 Å². The smallest absolute Gasteiger partial charge is 0.435 e. The molecule has 0 unspecified atom stereocenters. The minimum absolute atomic E-state index is 0.307. The summed E-state index contributed by atoms with van der Waals surface area (Å²) < 4.78 is 143. The fraction of sp³-hybridized carbons (Fsp3) is 0.469. The Bertz CT molecular complexity index is 1790. The summed E-state index contributed by atoms with van der Waals surface area (Å²) in [7, 11) is -3.28. The van der Waals surface area contributed by atoms with E-state index in [0.717, 1.165) is 27.2 Å². The van der Waals surface area contributed by atoms with Gasteiger partial charge < -0.3 is 18.6 Å². The summed E-state index contributed by atoms with van der Waals surface area (Å²) in [5.74, 6) is 0. The molecule has 0 bridgehead atoms. The van der Waals surface area contributed by atoms with Crippen LogP contribution in [-0.4, -0.2) is 91.2 Å². The number of hydrogen-bond acceptors (Lipinski definition) is 8. The van der Waals surface area contributed by atoms with Crippen molar-refractivity contribution < 1.29 is 67.8 Å². The molecule has 53 heavy (non-hydrogen) atoms. The fourth-order valence-electron chi connectivity index (χ4n) is 6.56. The van der Waals surface area contributed by atoms with Crippen molar-refractivity contribution in [2.75, 3.05) is 19.8 Å². The van der Waals surface area contributed by atoms with E-state index in [4.69, 9.17) is 18.7 Å². The number of carbonyl (C=O) groups excluding carboxylic acids is 1. The van der Waals surface area contributed by atoms with E-state index in [1.54, 1.807) is 0 Å². The Morgan fingerprint density at radius 1 is 0.774 bits per heavy atom. The van der Waals surface area contributed by atoms with E-state index in [0.29, 0.717) is 5.06 Å². The molecule has 2 saturated heterocycles. The first-order chi connectivity index (χ1) is 24.6. The van der Waals surface area contributed by atoms with Crippen molar-refractivity contribution in [3.05, 3.63) is 93.8 Å². The number of rotatable bonds is 11. The zero-order chi connectivity index (χ0) is 39.2. The van der Waals surface area contributed by atoms with E-state index in [1.165, 1.54) is 0 Å². The second kappa shape index (κ2) is 14.2. The predicted octanol–water partition coefficient (Wildman–Crippen LogP) is 4.57. The van der Waals surface area contributed by atoms with Crippen LogP contribution in [0.15, 0.2) is 82.5 Å². The maximum Gasteiger partial charge on any atom is 0.435 e. The van der Waals surface area contributed by atoms with Crippen molar-refractivity contribution in [2.45, 2.75) is 74.4 Å². The van der Waals surface area contributed by atoms with Crippen LogP contribution in [0.2, 0.25) is 5.04 Å². The lowest BCUT2D eigenvalue weighted by Crippen LogP contribution is -2.68. The first-order valence-corrected chi connectivity index (χ1v) is 17.7. The highest BCUT2D eigenvalue weighted by atomic mass is 28.4. The van der Waals surface area contributed by atoms with Gasteiger partial charge in [-0.15, -0.1) is 0 Å². The Hall–Kier alpha value is -4.18. The van der Waals surface area contributed by atoms with Gasteiger partial charge in [-0.05, 0) is 15.4 Å². The molecule has 3 aromatic rings. The average Bonchev–Trinajstić information content (AvgIpc) is 3.55. The Morgan fingerprint density at radius 3 is 1.77 bits per heavy atom. The van der Waals surface area contributed by atoms with Crippen molar-refractivity contribution in [1.29, 1.82) is 0 Å². The molecule has 5 rings (SSSR count). The first-order valence-electron chi connectivity index (χ1n) is 15.8. The Balaban J connectivity index is 1.46. The summed E-state index contributed by atoms with van der Waals surface area (Å²) in [4.78, 5) is 44.8. The molecule has 2 fully saturated rings. The van der Waals surface area contributed by atoms with Crippen molar-refractivity contribution in [3.8, 4) is 0 Å². The summed E-state index contributed by atoms with van der Waals surface area (Å²) in [5, 5.41) is 1.46. The number of aromatic nitrogens is 2. The van der Waals surface area contributed by atoms with Crippen LogP contribution < -0.4 is 21.6 Å². The van der Waals surface area contributed by atoms with Gasteiger partial charge in [0.1, 0.15) is 12.1 Å². The van der Waals surface area contributed by atoms with Gasteiger partial charge in [0.2, 0.25) is 0 Å². The van der Waals surface area contributed by atoms with Gasteiger partial charge in [0.05, 0.1) is 19.8 Å². The van der Waals surface area contributed by atoms with Gasteiger partial charge in [-0.2, -0.15) is 44.6 Å². The largest absolute Gasteiger partial charge is 0.439 e. The van der Waals surface area contributed by atoms with Crippen LogP contribution in [0.5, 0.6) is 0 Å². The molecule has 0 aliphatic carbocycles. The number of H-pyrrole nitrogens is 1. The molecule has 1 amide bonds. The summed E-state index contributed by atoms with van der Waals surface area (Å²) >= 11 is 0. The molecule has 1 N–H and O–H groups in total. The lowest BCUT2D eigenvalue weighted by molar-refractivity contribution is -0.458. The second-order valence-corrected chi connectivity index (χ2v) is 17.4. The zero-order valence-electron chi connectivity index (χ0n) is 27.9. The number of hydrogen-bond donors (Lipinski definition) is 1. The number of halogens is 9. The third-order valence-electron chi connectivity index (χ3n) is 8.83. The summed E-state index contributed by atoms with van der Waals surface area (Å²) in [5.41, 5.74) is -8.45. The van der Waals surface area contributed by atoms with E-state index in [-0.39, 0.29) is 6.61 Å². The van der Waals surface area contributed by atoms with Crippen molar-refractivity contribution >= 4 is 24.8 Å². The van der Waals surface area contributed by atoms with Crippen molar-refractivity contribution in [3.63, 3.8) is 0 Å². The van der Waals surface area contributed by atoms with E-state index in [2.05, 4.69) is 4.74 Å². The van der Waals surface area contributed by atoms with E-state index >= 15 is 0 Å². The van der Waals surface area contributed by atoms with Gasteiger partial charge >= 0.3 is 35.9 Å². The Kier molecular flexibility index (Phi) is 10.7. The highest BCUT2D eigenvalue weighted by molar-refractivity contribution is 6.99.